The van der Waals surface area contributed by atoms with Crippen LogP contribution < -0.4 is 5.32 Å². The van der Waals surface area contributed by atoms with Crippen molar-refractivity contribution in [2.75, 3.05) is 19.4 Å². The van der Waals surface area contributed by atoms with Crippen LogP contribution in [-0.2, 0) is 0 Å². The minimum absolute atomic E-state index is 0.0777. The summed E-state index contributed by atoms with van der Waals surface area (Å²) in [6.07, 6.45) is 2.02. The summed E-state index contributed by atoms with van der Waals surface area (Å²) in [6, 6.07) is 5.44. The number of aliphatic hydroxyl groups is 1. The summed E-state index contributed by atoms with van der Waals surface area (Å²) >= 11 is 1.72. The van der Waals surface area contributed by atoms with Crippen molar-refractivity contribution in [3.8, 4) is 11.8 Å². The standard InChI is InChI=1S/C15H19NO2S/c1-11(19-3)10-16-15(18)14-8-4-6-13(12(14)2)7-5-9-17/h4,6,8,11,17H,9-10H2,1-3H3,(H,16,18). The Morgan fingerprint density at radius 2 is 2.26 bits per heavy atom. The first-order valence-corrected chi connectivity index (χ1v) is 7.39. The van der Waals surface area contributed by atoms with Gasteiger partial charge in [-0.25, -0.2) is 0 Å². The highest BCUT2D eigenvalue weighted by atomic mass is 32.2. The van der Waals surface area contributed by atoms with Gasteiger partial charge in [-0.2, -0.15) is 11.8 Å². The van der Waals surface area contributed by atoms with Crippen LogP contribution in [0.15, 0.2) is 18.2 Å². The van der Waals surface area contributed by atoms with Gasteiger partial charge in [0, 0.05) is 22.9 Å². The molecule has 1 unspecified atom stereocenters. The van der Waals surface area contributed by atoms with Gasteiger partial charge in [0.15, 0.2) is 0 Å². The highest BCUT2D eigenvalue weighted by Crippen LogP contribution is 2.13. The molecule has 1 atom stereocenters. The van der Waals surface area contributed by atoms with Crippen LogP contribution >= 0.6 is 11.8 Å². The van der Waals surface area contributed by atoms with E-state index in [0.717, 1.165) is 11.1 Å². The number of carbonyl (C=O) groups is 1. The highest BCUT2D eigenvalue weighted by Gasteiger charge is 2.11. The minimum atomic E-state index is -0.179. The Morgan fingerprint density at radius 3 is 2.89 bits per heavy atom. The summed E-state index contributed by atoms with van der Waals surface area (Å²) in [5.74, 6) is 5.37. The molecule has 1 rings (SSSR count). The Kier molecular flexibility index (Phi) is 6.48. The second-order valence-corrected chi connectivity index (χ2v) is 5.47. The van der Waals surface area contributed by atoms with Gasteiger partial charge in [-0.1, -0.05) is 24.8 Å². The third-order valence-corrected chi connectivity index (χ3v) is 3.80. The minimum Gasteiger partial charge on any atom is -0.384 e. The van der Waals surface area contributed by atoms with Crippen LogP contribution in [0, 0.1) is 18.8 Å². The Morgan fingerprint density at radius 1 is 1.53 bits per heavy atom. The molecule has 0 bridgehead atoms. The van der Waals surface area contributed by atoms with Gasteiger partial charge in [-0.15, -0.1) is 0 Å². The number of carbonyl (C=O) groups excluding carboxylic acids is 1. The molecule has 0 aliphatic carbocycles. The molecule has 0 aliphatic rings. The van der Waals surface area contributed by atoms with Crippen LogP contribution in [0.1, 0.15) is 28.4 Å². The van der Waals surface area contributed by atoms with Crippen LogP contribution in [0.4, 0.5) is 0 Å². The number of aliphatic hydroxyl groups excluding tert-OH is 1. The monoisotopic (exact) mass is 277 g/mol. The maximum Gasteiger partial charge on any atom is 0.251 e. The third-order valence-electron chi connectivity index (χ3n) is 2.83. The smallest absolute Gasteiger partial charge is 0.251 e. The lowest BCUT2D eigenvalue weighted by Crippen LogP contribution is -2.29. The molecule has 0 aliphatic heterocycles. The number of hydrogen-bond acceptors (Lipinski definition) is 3. The largest absolute Gasteiger partial charge is 0.384 e. The van der Waals surface area contributed by atoms with Crippen molar-refractivity contribution in [3.63, 3.8) is 0 Å². The average molecular weight is 277 g/mol. The van der Waals surface area contributed by atoms with Crippen molar-refractivity contribution in [1.29, 1.82) is 0 Å². The predicted octanol–water partition coefficient (Wildman–Crippen LogP) is 1.82. The van der Waals surface area contributed by atoms with Crippen molar-refractivity contribution in [2.24, 2.45) is 0 Å². The summed E-state index contributed by atoms with van der Waals surface area (Å²) in [5.41, 5.74) is 2.26. The molecule has 102 valence electrons. The van der Waals surface area contributed by atoms with E-state index in [0.29, 0.717) is 17.4 Å². The molecule has 0 aromatic heterocycles. The van der Waals surface area contributed by atoms with Crippen molar-refractivity contribution < 1.29 is 9.90 Å². The van der Waals surface area contributed by atoms with Gasteiger partial charge in [0.1, 0.15) is 6.61 Å². The molecule has 2 N–H and O–H groups in total. The summed E-state index contributed by atoms with van der Waals surface area (Å²) in [4.78, 5) is 12.1. The van der Waals surface area contributed by atoms with E-state index in [1.807, 2.05) is 19.2 Å². The first-order valence-electron chi connectivity index (χ1n) is 6.10. The molecule has 0 saturated carbocycles. The van der Waals surface area contributed by atoms with Gasteiger partial charge in [0.05, 0.1) is 0 Å². The normalized spacial score (nSPS) is 11.4. The van der Waals surface area contributed by atoms with E-state index in [1.54, 1.807) is 23.9 Å². The fourth-order valence-corrected chi connectivity index (χ4v) is 1.82. The van der Waals surface area contributed by atoms with E-state index in [9.17, 15) is 4.79 Å². The Hall–Kier alpha value is -1.44. The van der Waals surface area contributed by atoms with Crippen molar-refractivity contribution >= 4 is 17.7 Å². The highest BCUT2D eigenvalue weighted by molar-refractivity contribution is 7.99. The van der Waals surface area contributed by atoms with Crippen LogP contribution in [0.25, 0.3) is 0 Å². The fraction of sp³-hybridized carbons (Fsp3) is 0.400. The molecule has 1 aromatic carbocycles. The molecule has 19 heavy (non-hydrogen) atoms. The van der Waals surface area contributed by atoms with E-state index >= 15 is 0 Å². The number of thioether (sulfide) groups is 1. The number of rotatable bonds is 4. The molecule has 0 heterocycles. The lowest BCUT2D eigenvalue weighted by Gasteiger charge is -2.12. The SMILES string of the molecule is CSC(C)CNC(=O)c1cccc(C#CCO)c1C. The zero-order valence-electron chi connectivity index (χ0n) is 11.5. The summed E-state index contributed by atoms with van der Waals surface area (Å²) < 4.78 is 0. The van der Waals surface area contributed by atoms with E-state index in [4.69, 9.17) is 5.11 Å². The van der Waals surface area contributed by atoms with E-state index in [1.165, 1.54) is 0 Å². The molecule has 0 spiro atoms. The lowest BCUT2D eigenvalue weighted by molar-refractivity contribution is 0.0953. The van der Waals surface area contributed by atoms with Crippen LogP contribution in [0.3, 0.4) is 0 Å². The lowest BCUT2D eigenvalue weighted by atomic mass is 10.0. The van der Waals surface area contributed by atoms with E-state index < -0.39 is 0 Å². The fourth-order valence-electron chi connectivity index (χ4n) is 1.57. The zero-order valence-corrected chi connectivity index (χ0v) is 12.3. The Balaban J connectivity index is 2.86. The second-order valence-electron chi connectivity index (χ2n) is 4.19. The Labute approximate surface area is 118 Å². The summed E-state index contributed by atoms with van der Waals surface area (Å²) in [7, 11) is 0. The zero-order chi connectivity index (χ0) is 14.3. The average Bonchev–Trinajstić information content (AvgIpc) is 2.43. The third kappa shape index (κ3) is 4.62. The van der Waals surface area contributed by atoms with Crippen LogP contribution in [0.5, 0.6) is 0 Å². The van der Waals surface area contributed by atoms with Gasteiger partial charge in [0.2, 0.25) is 0 Å². The maximum atomic E-state index is 12.1. The molecule has 4 heteroatoms. The first-order chi connectivity index (χ1) is 9.10. The quantitative estimate of drug-likeness (QED) is 0.825. The Bertz CT molecular complexity index is 503. The molecule has 0 fully saturated rings. The molecule has 0 radical (unpaired) electrons. The van der Waals surface area contributed by atoms with Crippen molar-refractivity contribution in [3.05, 3.63) is 34.9 Å². The van der Waals surface area contributed by atoms with Gasteiger partial charge in [-0.05, 0) is 30.9 Å². The van der Waals surface area contributed by atoms with Crippen LogP contribution in [-0.4, -0.2) is 35.7 Å². The topological polar surface area (TPSA) is 49.3 Å². The van der Waals surface area contributed by atoms with Gasteiger partial charge in [0.25, 0.3) is 5.91 Å². The van der Waals surface area contributed by atoms with E-state index in [-0.39, 0.29) is 12.5 Å². The van der Waals surface area contributed by atoms with Gasteiger partial charge in [-0.3, -0.25) is 4.79 Å². The predicted molar refractivity (Wildman–Crippen MR) is 80.5 cm³/mol. The number of hydrogen-bond donors (Lipinski definition) is 2. The molecule has 1 amide bonds. The van der Waals surface area contributed by atoms with Gasteiger partial charge < -0.3 is 10.4 Å². The number of amides is 1. The molecular formula is C15H19NO2S. The molecule has 3 nitrogen and oxygen atoms in total. The summed E-state index contributed by atoms with van der Waals surface area (Å²) in [6.45, 7) is 4.41. The van der Waals surface area contributed by atoms with Gasteiger partial charge >= 0.3 is 0 Å². The molecule has 0 saturated heterocycles. The second kappa shape index (κ2) is 7.88. The first kappa shape index (κ1) is 15.6. The van der Waals surface area contributed by atoms with Crippen molar-refractivity contribution in [1.82, 2.24) is 5.32 Å². The molecular weight excluding hydrogens is 258 g/mol. The summed E-state index contributed by atoms with van der Waals surface area (Å²) in [5, 5.41) is 12.0. The van der Waals surface area contributed by atoms with Crippen LogP contribution in [0.2, 0.25) is 0 Å². The molecule has 1 aromatic rings. The number of benzene rings is 1. The number of nitrogens with one attached hydrogen (secondary N) is 1. The van der Waals surface area contributed by atoms with E-state index in [2.05, 4.69) is 24.1 Å². The van der Waals surface area contributed by atoms with Crippen molar-refractivity contribution in [2.45, 2.75) is 19.1 Å². The maximum absolute atomic E-state index is 12.1.